The maximum absolute atomic E-state index is 12.6. The Kier molecular flexibility index (Phi) is 3.64. The van der Waals surface area contributed by atoms with E-state index in [4.69, 9.17) is 9.26 Å². The fourth-order valence-electron chi connectivity index (χ4n) is 3.05. The quantitative estimate of drug-likeness (QED) is 0.807. The second-order valence-corrected chi connectivity index (χ2v) is 6.87. The molecule has 2 heterocycles. The third-order valence-corrected chi connectivity index (χ3v) is 4.84. The van der Waals surface area contributed by atoms with Crippen LogP contribution in [0.4, 0.5) is 0 Å². The van der Waals surface area contributed by atoms with Crippen molar-refractivity contribution in [1.82, 2.24) is 15.0 Å². The summed E-state index contributed by atoms with van der Waals surface area (Å²) in [6.45, 7) is 3.32. The molecular weight excluding hydrogens is 282 g/mol. The summed E-state index contributed by atoms with van der Waals surface area (Å²) in [6, 6.07) is -0.0456. The highest BCUT2D eigenvalue weighted by molar-refractivity contribution is 5.81. The van der Waals surface area contributed by atoms with Crippen LogP contribution in [0.1, 0.15) is 69.1 Å². The minimum atomic E-state index is -0.379. The van der Waals surface area contributed by atoms with Crippen LogP contribution in [-0.2, 0) is 9.53 Å². The number of hydrogen-bond donors (Lipinski definition) is 0. The van der Waals surface area contributed by atoms with Gasteiger partial charge in [0, 0.05) is 12.5 Å². The van der Waals surface area contributed by atoms with Crippen LogP contribution in [0.25, 0.3) is 0 Å². The largest absolute Gasteiger partial charge is 0.368 e. The summed E-state index contributed by atoms with van der Waals surface area (Å²) in [5, 5.41) is 4.11. The average molecular weight is 305 g/mol. The molecule has 2 saturated carbocycles. The predicted molar refractivity (Wildman–Crippen MR) is 78.1 cm³/mol. The SMILES string of the molecule is C[C@H](OCC1CC1)C(=O)N1CCC[C@H]1c1noc(C2CC2)n1. The van der Waals surface area contributed by atoms with Gasteiger partial charge in [0.1, 0.15) is 6.10 Å². The summed E-state index contributed by atoms with van der Waals surface area (Å²) < 4.78 is 11.1. The molecule has 2 aliphatic carbocycles. The van der Waals surface area contributed by atoms with Gasteiger partial charge in [-0.1, -0.05) is 5.16 Å². The van der Waals surface area contributed by atoms with Crippen LogP contribution in [0, 0.1) is 5.92 Å². The van der Waals surface area contributed by atoms with E-state index in [0.717, 1.165) is 38.1 Å². The van der Waals surface area contributed by atoms with Gasteiger partial charge in [-0.2, -0.15) is 4.98 Å². The van der Waals surface area contributed by atoms with Crippen molar-refractivity contribution >= 4 is 5.91 Å². The van der Waals surface area contributed by atoms with Crippen molar-refractivity contribution in [2.45, 2.75) is 63.5 Å². The Morgan fingerprint density at radius 3 is 2.91 bits per heavy atom. The molecule has 6 heteroatoms. The van der Waals surface area contributed by atoms with Crippen LogP contribution in [0.5, 0.6) is 0 Å². The van der Waals surface area contributed by atoms with E-state index in [1.54, 1.807) is 0 Å². The van der Waals surface area contributed by atoms with Gasteiger partial charge in [0.25, 0.3) is 5.91 Å². The van der Waals surface area contributed by atoms with Gasteiger partial charge in [0.15, 0.2) is 5.82 Å². The fourth-order valence-corrected chi connectivity index (χ4v) is 3.05. The number of rotatable bonds is 6. The number of hydrogen-bond acceptors (Lipinski definition) is 5. The van der Waals surface area contributed by atoms with E-state index in [1.807, 2.05) is 11.8 Å². The van der Waals surface area contributed by atoms with Crippen molar-refractivity contribution in [3.8, 4) is 0 Å². The van der Waals surface area contributed by atoms with Crippen molar-refractivity contribution in [1.29, 1.82) is 0 Å². The topological polar surface area (TPSA) is 68.5 Å². The van der Waals surface area contributed by atoms with E-state index in [9.17, 15) is 4.79 Å². The first-order valence-electron chi connectivity index (χ1n) is 8.48. The lowest BCUT2D eigenvalue weighted by molar-refractivity contribution is -0.144. The van der Waals surface area contributed by atoms with Gasteiger partial charge in [0.05, 0.1) is 12.6 Å². The third-order valence-electron chi connectivity index (χ3n) is 4.84. The van der Waals surface area contributed by atoms with Crippen molar-refractivity contribution in [2.75, 3.05) is 13.2 Å². The van der Waals surface area contributed by atoms with Crippen LogP contribution in [-0.4, -0.2) is 40.2 Å². The number of likely N-dealkylation sites (tertiary alicyclic amines) is 1. The van der Waals surface area contributed by atoms with E-state index in [1.165, 1.54) is 12.8 Å². The van der Waals surface area contributed by atoms with Gasteiger partial charge in [-0.05, 0) is 51.4 Å². The number of nitrogens with zero attached hydrogens (tertiary/aromatic N) is 3. The zero-order valence-electron chi connectivity index (χ0n) is 13.0. The van der Waals surface area contributed by atoms with Crippen molar-refractivity contribution in [3.05, 3.63) is 11.7 Å². The molecule has 1 amide bonds. The number of ether oxygens (including phenoxy) is 1. The molecule has 1 aromatic rings. The number of carbonyl (C=O) groups is 1. The molecule has 1 aliphatic heterocycles. The molecule has 3 aliphatic rings. The molecule has 2 atom stereocenters. The monoisotopic (exact) mass is 305 g/mol. The first-order valence-corrected chi connectivity index (χ1v) is 8.48. The van der Waals surface area contributed by atoms with Gasteiger partial charge < -0.3 is 14.2 Å². The fraction of sp³-hybridized carbons (Fsp3) is 0.812. The lowest BCUT2D eigenvalue weighted by Gasteiger charge is -2.25. The molecule has 22 heavy (non-hydrogen) atoms. The van der Waals surface area contributed by atoms with E-state index in [-0.39, 0.29) is 18.1 Å². The zero-order valence-corrected chi connectivity index (χ0v) is 13.0. The molecule has 0 unspecified atom stereocenters. The minimum absolute atomic E-state index is 0.0456. The predicted octanol–water partition coefficient (Wildman–Crippen LogP) is 2.43. The molecule has 1 aromatic heterocycles. The Morgan fingerprint density at radius 1 is 1.36 bits per heavy atom. The smallest absolute Gasteiger partial charge is 0.252 e. The Morgan fingerprint density at radius 2 is 2.18 bits per heavy atom. The van der Waals surface area contributed by atoms with Crippen LogP contribution < -0.4 is 0 Å². The highest BCUT2D eigenvalue weighted by atomic mass is 16.5. The minimum Gasteiger partial charge on any atom is -0.368 e. The van der Waals surface area contributed by atoms with Gasteiger partial charge in [0.2, 0.25) is 5.89 Å². The molecule has 6 nitrogen and oxygen atoms in total. The number of amides is 1. The average Bonchev–Trinajstić information content (AvgIpc) is 3.44. The third kappa shape index (κ3) is 2.89. The summed E-state index contributed by atoms with van der Waals surface area (Å²) >= 11 is 0. The Labute approximate surface area is 130 Å². The molecule has 0 bridgehead atoms. The number of aromatic nitrogens is 2. The van der Waals surface area contributed by atoms with Gasteiger partial charge in [-0.25, -0.2) is 0 Å². The zero-order chi connectivity index (χ0) is 15.1. The second kappa shape index (κ2) is 5.65. The lowest BCUT2D eigenvalue weighted by atomic mass is 10.2. The van der Waals surface area contributed by atoms with Crippen LogP contribution >= 0.6 is 0 Å². The molecular formula is C16H23N3O3. The normalized spacial score (nSPS) is 26.4. The molecule has 0 aromatic carbocycles. The summed E-state index contributed by atoms with van der Waals surface area (Å²) in [5.41, 5.74) is 0. The van der Waals surface area contributed by atoms with Crippen molar-refractivity contribution in [3.63, 3.8) is 0 Å². The van der Waals surface area contributed by atoms with E-state index in [2.05, 4.69) is 10.1 Å². The van der Waals surface area contributed by atoms with E-state index >= 15 is 0 Å². The van der Waals surface area contributed by atoms with Crippen LogP contribution in [0.3, 0.4) is 0 Å². The molecule has 0 N–H and O–H groups in total. The Hall–Kier alpha value is -1.43. The molecule has 0 spiro atoms. The van der Waals surface area contributed by atoms with E-state index < -0.39 is 0 Å². The van der Waals surface area contributed by atoms with Crippen molar-refractivity contribution in [2.24, 2.45) is 5.92 Å². The standard InChI is InChI=1S/C16H23N3O3/c1-10(21-9-11-4-5-11)16(20)19-8-2-3-13(19)14-17-15(22-18-14)12-6-7-12/h10-13H,2-9H2,1H3/t10-,13-/m0/s1. The van der Waals surface area contributed by atoms with E-state index in [0.29, 0.717) is 24.3 Å². The first-order chi connectivity index (χ1) is 10.7. The van der Waals surface area contributed by atoms with Gasteiger partial charge >= 0.3 is 0 Å². The Bertz CT molecular complexity index is 551. The summed E-state index contributed by atoms with van der Waals surface area (Å²) in [6.07, 6.45) is 6.27. The maximum Gasteiger partial charge on any atom is 0.252 e. The molecule has 4 rings (SSSR count). The summed E-state index contributed by atoms with van der Waals surface area (Å²) in [5.74, 6) is 2.59. The van der Waals surface area contributed by atoms with Crippen LogP contribution in [0.2, 0.25) is 0 Å². The molecule has 3 fully saturated rings. The first kappa shape index (κ1) is 14.2. The maximum atomic E-state index is 12.6. The van der Waals surface area contributed by atoms with Gasteiger partial charge in [-0.3, -0.25) is 4.79 Å². The van der Waals surface area contributed by atoms with Crippen LogP contribution in [0.15, 0.2) is 4.52 Å². The highest BCUT2D eigenvalue weighted by Gasteiger charge is 2.37. The summed E-state index contributed by atoms with van der Waals surface area (Å²) in [4.78, 5) is 19.0. The Balaban J connectivity index is 1.41. The van der Waals surface area contributed by atoms with Gasteiger partial charge in [-0.15, -0.1) is 0 Å². The molecule has 0 radical (unpaired) electrons. The lowest BCUT2D eigenvalue weighted by Crippen LogP contribution is -2.39. The molecule has 120 valence electrons. The summed E-state index contributed by atoms with van der Waals surface area (Å²) in [7, 11) is 0. The van der Waals surface area contributed by atoms with Crippen molar-refractivity contribution < 1.29 is 14.1 Å². The number of carbonyl (C=O) groups excluding carboxylic acids is 1. The molecule has 1 saturated heterocycles. The highest BCUT2D eigenvalue weighted by Crippen LogP contribution is 2.40. The second-order valence-electron chi connectivity index (χ2n) is 6.87.